The van der Waals surface area contributed by atoms with Gasteiger partial charge in [-0.25, -0.2) is 4.98 Å². The molecule has 1 amide bonds. The van der Waals surface area contributed by atoms with Crippen molar-refractivity contribution in [2.45, 2.75) is 20.3 Å². The SMILES string of the molecule is CCN(CC)c1nc(N)c(C(=O)NCCc2ncon2)s1. The first-order valence-corrected chi connectivity index (χ1v) is 7.52. The van der Waals surface area contributed by atoms with Gasteiger partial charge in [0.1, 0.15) is 10.7 Å². The van der Waals surface area contributed by atoms with Crippen LogP contribution < -0.4 is 16.0 Å². The lowest BCUT2D eigenvalue weighted by atomic mass is 10.4. The molecule has 0 fully saturated rings. The molecule has 0 atom stereocenters. The number of thiazole rings is 1. The summed E-state index contributed by atoms with van der Waals surface area (Å²) >= 11 is 1.30. The van der Waals surface area contributed by atoms with Crippen LogP contribution in [0.25, 0.3) is 0 Å². The molecule has 8 nitrogen and oxygen atoms in total. The first-order valence-electron chi connectivity index (χ1n) is 6.70. The summed E-state index contributed by atoms with van der Waals surface area (Å²) in [6.07, 6.45) is 1.76. The Morgan fingerprint density at radius 3 is 2.86 bits per heavy atom. The fraction of sp³-hybridized carbons (Fsp3) is 0.500. The van der Waals surface area contributed by atoms with E-state index in [-0.39, 0.29) is 11.7 Å². The molecule has 0 aliphatic carbocycles. The predicted molar refractivity (Wildman–Crippen MR) is 80.4 cm³/mol. The molecule has 2 heterocycles. The third-order valence-corrected chi connectivity index (χ3v) is 4.05. The highest BCUT2D eigenvalue weighted by Gasteiger charge is 2.18. The molecular weight excluding hydrogens is 292 g/mol. The van der Waals surface area contributed by atoms with Crippen molar-refractivity contribution in [1.29, 1.82) is 0 Å². The van der Waals surface area contributed by atoms with E-state index in [1.54, 1.807) is 0 Å². The molecule has 9 heteroatoms. The van der Waals surface area contributed by atoms with E-state index in [0.29, 0.717) is 23.7 Å². The van der Waals surface area contributed by atoms with Crippen LogP contribution in [0.15, 0.2) is 10.9 Å². The van der Waals surface area contributed by atoms with Gasteiger partial charge in [0.25, 0.3) is 5.91 Å². The van der Waals surface area contributed by atoms with Gasteiger partial charge in [0.05, 0.1) is 0 Å². The summed E-state index contributed by atoms with van der Waals surface area (Å²) in [7, 11) is 0. The standard InChI is InChI=1S/C12H18N6O2S/c1-3-18(4-2)12-16-10(13)9(21-12)11(19)14-6-5-8-15-7-20-17-8/h7H,3-6,13H2,1-2H3,(H,14,19). The van der Waals surface area contributed by atoms with Gasteiger partial charge in [0.15, 0.2) is 11.0 Å². The smallest absolute Gasteiger partial charge is 0.265 e. The number of anilines is 2. The van der Waals surface area contributed by atoms with E-state index >= 15 is 0 Å². The molecule has 0 saturated heterocycles. The third-order valence-electron chi connectivity index (χ3n) is 2.92. The van der Waals surface area contributed by atoms with Crippen LogP contribution in [0.5, 0.6) is 0 Å². The first kappa shape index (κ1) is 15.2. The van der Waals surface area contributed by atoms with Crippen molar-refractivity contribution >= 4 is 28.2 Å². The summed E-state index contributed by atoms with van der Waals surface area (Å²) in [6.45, 7) is 6.12. The highest BCUT2D eigenvalue weighted by molar-refractivity contribution is 7.18. The molecule has 0 aliphatic rings. The lowest BCUT2D eigenvalue weighted by Gasteiger charge is -2.16. The molecule has 2 aromatic heterocycles. The summed E-state index contributed by atoms with van der Waals surface area (Å²) in [5.74, 6) is 0.585. The number of hydrogen-bond donors (Lipinski definition) is 2. The van der Waals surface area contributed by atoms with Crippen molar-refractivity contribution in [3.8, 4) is 0 Å². The van der Waals surface area contributed by atoms with Crippen molar-refractivity contribution in [2.75, 3.05) is 30.3 Å². The predicted octanol–water partition coefficient (Wildman–Crippen LogP) is 0.927. The normalized spacial score (nSPS) is 10.6. The maximum Gasteiger partial charge on any atom is 0.265 e. The number of nitrogens with zero attached hydrogens (tertiary/aromatic N) is 4. The van der Waals surface area contributed by atoms with Crippen molar-refractivity contribution in [1.82, 2.24) is 20.4 Å². The zero-order valence-electron chi connectivity index (χ0n) is 12.0. The van der Waals surface area contributed by atoms with Gasteiger partial charge in [-0.15, -0.1) is 0 Å². The molecule has 3 N–H and O–H groups in total. The van der Waals surface area contributed by atoms with E-state index in [0.717, 1.165) is 18.2 Å². The Bertz CT molecular complexity index is 579. The minimum absolute atomic E-state index is 0.230. The molecule has 0 spiro atoms. The number of carbonyl (C=O) groups excluding carboxylic acids is 1. The van der Waals surface area contributed by atoms with E-state index < -0.39 is 0 Å². The Balaban J connectivity index is 1.95. The molecule has 2 rings (SSSR count). The van der Waals surface area contributed by atoms with Crippen LogP contribution in [0.1, 0.15) is 29.3 Å². The highest BCUT2D eigenvalue weighted by atomic mass is 32.1. The topological polar surface area (TPSA) is 110 Å². The zero-order valence-corrected chi connectivity index (χ0v) is 12.8. The van der Waals surface area contributed by atoms with Gasteiger partial charge in [-0.3, -0.25) is 4.79 Å². The molecule has 0 aromatic carbocycles. The molecule has 0 unspecified atom stereocenters. The zero-order chi connectivity index (χ0) is 15.2. The fourth-order valence-electron chi connectivity index (χ4n) is 1.78. The van der Waals surface area contributed by atoms with Gasteiger partial charge in [-0.2, -0.15) is 4.98 Å². The number of nitrogen functional groups attached to an aromatic ring is 1. The van der Waals surface area contributed by atoms with Crippen LogP contribution in [-0.4, -0.2) is 40.7 Å². The summed E-state index contributed by atoms with van der Waals surface area (Å²) in [5, 5.41) is 7.22. The number of aromatic nitrogens is 3. The Labute approximate surface area is 126 Å². The number of amides is 1. The average molecular weight is 310 g/mol. The second kappa shape index (κ2) is 7.02. The summed E-state index contributed by atoms with van der Waals surface area (Å²) in [4.78, 5) is 22.7. The van der Waals surface area contributed by atoms with Crippen LogP contribution in [0.4, 0.5) is 10.9 Å². The second-order valence-corrected chi connectivity index (χ2v) is 5.21. The van der Waals surface area contributed by atoms with E-state index in [4.69, 9.17) is 5.73 Å². The quantitative estimate of drug-likeness (QED) is 0.782. The van der Waals surface area contributed by atoms with Crippen LogP contribution in [0.3, 0.4) is 0 Å². The molecule has 21 heavy (non-hydrogen) atoms. The number of hydrogen-bond acceptors (Lipinski definition) is 8. The molecule has 114 valence electrons. The van der Waals surface area contributed by atoms with E-state index in [1.165, 1.54) is 17.7 Å². The van der Waals surface area contributed by atoms with Crippen molar-refractivity contribution in [3.05, 3.63) is 17.1 Å². The molecule has 2 aromatic rings. The van der Waals surface area contributed by atoms with Crippen molar-refractivity contribution < 1.29 is 9.32 Å². The van der Waals surface area contributed by atoms with Crippen molar-refractivity contribution in [3.63, 3.8) is 0 Å². The Morgan fingerprint density at radius 2 is 2.24 bits per heavy atom. The van der Waals surface area contributed by atoms with Gasteiger partial charge in [-0.05, 0) is 13.8 Å². The Hall–Kier alpha value is -2.16. The molecule has 0 bridgehead atoms. The molecule has 0 aliphatic heterocycles. The Morgan fingerprint density at radius 1 is 1.48 bits per heavy atom. The van der Waals surface area contributed by atoms with Crippen LogP contribution in [0.2, 0.25) is 0 Å². The van der Waals surface area contributed by atoms with E-state index in [9.17, 15) is 4.79 Å². The van der Waals surface area contributed by atoms with Crippen LogP contribution in [-0.2, 0) is 6.42 Å². The van der Waals surface area contributed by atoms with E-state index in [1.807, 2.05) is 13.8 Å². The maximum absolute atomic E-state index is 12.1. The van der Waals surface area contributed by atoms with Gasteiger partial charge >= 0.3 is 0 Å². The lowest BCUT2D eigenvalue weighted by molar-refractivity contribution is 0.0958. The summed E-state index contributed by atoms with van der Waals surface area (Å²) < 4.78 is 4.62. The summed E-state index contributed by atoms with van der Waals surface area (Å²) in [6, 6.07) is 0. The summed E-state index contributed by atoms with van der Waals surface area (Å²) in [5.41, 5.74) is 5.83. The minimum atomic E-state index is -0.230. The highest BCUT2D eigenvalue weighted by Crippen LogP contribution is 2.27. The monoisotopic (exact) mass is 310 g/mol. The number of carbonyl (C=O) groups is 1. The number of rotatable bonds is 7. The van der Waals surface area contributed by atoms with Crippen LogP contribution in [0, 0.1) is 0 Å². The third kappa shape index (κ3) is 3.69. The van der Waals surface area contributed by atoms with Crippen LogP contribution >= 0.6 is 11.3 Å². The first-order chi connectivity index (χ1) is 10.2. The fourth-order valence-corrected chi connectivity index (χ4v) is 2.81. The number of nitrogens with one attached hydrogen (secondary N) is 1. The van der Waals surface area contributed by atoms with Crippen molar-refractivity contribution in [2.24, 2.45) is 0 Å². The molecule has 0 saturated carbocycles. The average Bonchev–Trinajstić information content (AvgIpc) is 3.10. The molecular formula is C12H18N6O2S. The van der Waals surface area contributed by atoms with Gasteiger partial charge in [-0.1, -0.05) is 16.5 Å². The number of nitrogens with two attached hydrogens (primary N) is 1. The maximum atomic E-state index is 12.1. The Kier molecular flexibility index (Phi) is 5.09. The van der Waals surface area contributed by atoms with Gasteiger partial charge in [0, 0.05) is 26.1 Å². The lowest BCUT2D eigenvalue weighted by Crippen LogP contribution is -2.25. The minimum Gasteiger partial charge on any atom is -0.382 e. The largest absolute Gasteiger partial charge is 0.382 e. The van der Waals surface area contributed by atoms with Gasteiger partial charge < -0.3 is 20.5 Å². The molecule has 0 radical (unpaired) electrons. The van der Waals surface area contributed by atoms with E-state index in [2.05, 4.69) is 29.9 Å². The second-order valence-electron chi connectivity index (χ2n) is 4.24. The van der Waals surface area contributed by atoms with Gasteiger partial charge in [0.2, 0.25) is 6.39 Å².